The molecule has 20 heavy (non-hydrogen) atoms. The number of carbonyl (C=O) groups is 2. The minimum absolute atomic E-state index is 0.0667. The van der Waals surface area contributed by atoms with Crippen LogP contribution in [0.4, 0.5) is 0 Å². The van der Waals surface area contributed by atoms with Crippen molar-refractivity contribution in [2.24, 2.45) is 5.92 Å². The highest BCUT2D eigenvalue weighted by molar-refractivity contribution is 5.94. The van der Waals surface area contributed by atoms with Gasteiger partial charge in [0.15, 0.2) is 0 Å². The molecular weight excluding hydrogens is 260 g/mol. The van der Waals surface area contributed by atoms with Gasteiger partial charge in [0.1, 0.15) is 6.26 Å². The summed E-state index contributed by atoms with van der Waals surface area (Å²) in [6.45, 7) is 0.397. The van der Waals surface area contributed by atoms with E-state index in [-0.39, 0.29) is 43.3 Å². The molecule has 1 aliphatic carbocycles. The van der Waals surface area contributed by atoms with Crippen molar-refractivity contribution < 1.29 is 19.1 Å². The van der Waals surface area contributed by atoms with Gasteiger partial charge >= 0.3 is 0 Å². The Morgan fingerprint density at radius 2 is 2.25 bits per heavy atom. The van der Waals surface area contributed by atoms with Gasteiger partial charge in [0, 0.05) is 31.5 Å². The molecule has 0 spiro atoms. The van der Waals surface area contributed by atoms with Gasteiger partial charge in [0.05, 0.1) is 11.8 Å². The van der Waals surface area contributed by atoms with Crippen LogP contribution >= 0.6 is 0 Å². The van der Waals surface area contributed by atoms with Crippen LogP contribution in [-0.2, 0) is 4.79 Å². The summed E-state index contributed by atoms with van der Waals surface area (Å²) < 4.78 is 4.81. The summed E-state index contributed by atoms with van der Waals surface area (Å²) in [4.78, 5) is 23.4. The summed E-state index contributed by atoms with van der Waals surface area (Å²) in [6, 6.07) is 1.64. The molecule has 1 aromatic heterocycles. The first-order chi connectivity index (χ1) is 9.70. The standard InChI is InChI=1S/C14H20N2O4/c17-8-10-2-1-3-12(10)16-13(18)4-6-15-14(19)11-5-7-20-9-11/h5,7,9-10,12,17H,1-4,6,8H2,(H,15,19)(H,16,18). The van der Waals surface area contributed by atoms with E-state index in [0.29, 0.717) is 5.56 Å². The lowest BCUT2D eigenvalue weighted by atomic mass is 10.1. The van der Waals surface area contributed by atoms with Gasteiger partial charge in [-0.3, -0.25) is 9.59 Å². The first kappa shape index (κ1) is 14.6. The lowest BCUT2D eigenvalue weighted by Crippen LogP contribution is -2.40. The van der Waals surface area contributed by atoms with E-state index >= 15 is 0 Å². The maximum atomic E-state index is 11.8. The molecule has 0 aromatic carbocycles. The van der Waals surface area contributed by atoms with Crippen LogP contribution in [0.3, 0.4) is 0 Å². The minimum atomic E-state index is -0.249. The van der Waals surface area contributed by atoms with Crippen molar-refractivity contribution in [2.45, 2.75) is 31.7 Å². The number of amides is 2. The van der Waals surface area contributed by atoms with E-state index in [1.54, 1.807) is 6.07 Å². The second-order valence-corrected chi connectivity index (χ2v) is 5.07. The average Bonchev–Trinajstić information content (AvgIpc) is 3.09. The third-order valence-corrected chi connectivity index (χ3v) is 3.66. The minimum Gasteiger partial charge on any atom is -0.472 e. The molecule has 3 N–H and O–H groups in total. The smallest absolute Gasteiger partial charge is 0.254 e. The van der Waals surface area contributed by atoms with Crippen LogP contribution < -0.4 is 10.6 Å². The molecule has 6 nitrogen and oxygen atoms in total. The van der Waals surface area contributed by atoms with E-state index in [1.165, 1.54) is 12.5 Å². The molecule has 1 saturated carbocycles. The summed E-state index contributed by atoms with van der Waals surface area (Å²) >= 11 is 0. The van der Waals surface area contributed by atoms with Crippen molar-refractivity contribution in [1.82, 2.24) is 10.6 Å². The molecule has 6 heteroatoms. The van der Waals surface area contributed by atoms with Crippen molar-refractivity contribution in [3.8, 4) is 0 Å². The third kappa shape index (κ3) is 3.84. The zero-order valence-electron chi connectivity index (χ0n) is 11.3. The first-order valence-electron chi connectivity index (χ1n) is 6.91. The van der Waals surface area contributed by atoms with Crippen LogP contribution in [0.2, 0.25) is 0 Å². The summed E-state index contributed by atoms with van der Waals surface area (Å²) in [5, 5.41) is 14.8. The molecule has 1 heterocycles. The molecule has 1 aromatic rings. The Morgan fingerprint density at radius 1 is 1.40 bits per heavy atom. The fourth-order valence-electron chi connectivity index (χ4n) is 2.51. The van der Waals surface area contributed by atoms with Crippen molar-refractivity contribution in [2.75, 3.05) is 13.2 Å². The van der Waals surface area contributed by atoms with Crippen molar-refractivity contribution >= 4 is 11.8 Å². The van der Waals surface area contributed by atoms with Gasteiger partial charge in [-0.25, -0.2) is 0 Å². The molecule has 2 amide bonds. The number of rotatable bonds is 6. The maximum Gasteiger partial charge on any atom is 0.254 e. The average molecular weight is 280 g/mol. The van der Waals surface area contributed by atoms with Crippen LogP contribution in [-0.4, -0.2) is 36.1 Å². The molecule has 0 bridgehead atoms. The zero-order valence-corrected chi connectivity index (χ0v) is 11.3. The van der Waals surface area contributed by atoms with Gasteiger partial charge in [-0.2, -0.15) is 0 Å². The molecule has 0 aliphatic heterocycles. The molecular formula is C14H20N2O4. The Balaban J connectivity index is 1.66. The Hall–Kier alpha value is -1.82. The molecule has 1 aliphatic rings. The zero-order chi connectivity index (χ0) is 14.4. The normalized spacial score (nSPS) is 21.6. The number of nitrogens with one attached hydrogen (secondary N) is 2. The summed E-state index contributed by atoms with van der Waals surface area (Å²) in [5.74, 6) is -0.178. The highest BCUT2D eigenvalue weighted by atomic mass is 16.3. The number of carbonyl (C=O) groups excluding carboxylic acids is 2. The molecule has 1 fully saturated rings. The SMILES string of the molecule is O=C(CCNC(=O)c1ccoc1)NC1CCCC1CO. The second kappa shape index (κ2) is 7.09. The topological polar surface area (TPSA) is 91.6 Å². The highest BCUT2D eigenvalue weighted by Crippen LogP contribution is 2.24. The Kier molecular flexibility index (Phi) is 5.17. The predicted molar refractivity (Wildman–Crippen MR) is 72.0 cm³/mol. The van der Waals surface area contributed by atoms with E-state index < -0.39 is 0 Å². The van der Waals surface area contributed by atoms with E-state index in [2.05, 4.69) is 10.6 Å². The highest BCUT2D eigenvalue weighted by Gasteiger charge is 2.27. The maximum absolute atomic E-state index is 11.8. The molecule has 2 unspecified atom stereocenters. The Labute approximate surface area is 117 Å². The Bertz CT molecular complexity index is 444. The van der Waals surface area contributed by atoms with Gasteiger partial charge in [0.25, 0.3) is 5.91 Å². The van der Waals surface area contributed by atoms with Crippen LogP contribution in [0.1, 0.15) is 36.0 Å². The lowest BCUT2D eigenvalue weighted by molar-refractivity contribution is -0.122. The summed E-state index contributed by atoms with van der Waals surface area (Å²) in [5.41, 5.74) is 0.446. The van der Waals surface area contributed by atoms with Gasteiger partial charge in [-0.1, -0.05) is 6.42 Å². The lowest BCUT2D eigenvalue weighted by Gasteiger charge is -2.18. The number of aliphatic hydroxyl groups excluding tert-OH is 1. The van der Waals surface area contributed by atoms with Crippen LogP contribution in [0.5, 0.6) is 0 Å². The van der Waals surface area contributed by atoms with Crippen molar-refractivity contribution in [1.29, 1.82) is 0 Å². The van der Waals surface area contributed by atoms with E-state index in [9.17, 15) is 14.7 Å². The van der Waals surface area contributed by atoms with E-state index in [1.807, 2.05) is 0 Å². The van der Waals surface area contributed by atoms with Crippen molar-refractivity contribution in [3.63, 3.8) is 0 Å². The second-order valence-electron chi connectivity index (χ2n) is 5.07. The molecule has 2 rings (SSSR count). The van der Waals surface area contributed by atoms with Crippen LogP contribution in [0.25, 0.3) is 0 Å². The summed E-state index contributed by atoms with van der Waals surface area (Å²) in [7, 11) is 0. The Morgan fingerprint density at radius 3 is 2.95 bits per heavy atom. The monoisotopic (exact) mass is 280 g/mol. The first-order valence-corrected chi connectivity index (χ1v) is 6.91. The summed E-state index contributed by atoms with van der Waals surface area (Å²) in [6.07, 6.45) is 5.93. The fraction of sp³-hybridized carbons (Fsp3) is 0.571. The van der Waals surface area contributed by atoms with Gasteiger partial charge in [-0.15, -0.1) is 0 Å². The number of aliphatic hydroxyl groups is 1. The molecule has 0 radical (unpaired) electrons. The largest absolute Gasteiger partial charge is 0.472 e. The van der Waals surface area contributed by atoms with Gasteiger partial charge in [-0.05, 0) is 18.9 Å². The van der Waals surface area contributed by atoms with E-state index in [0.717, 1.165) is 19.3 Å². The number of furan rings is 1. The van der Waals surface area contributed by atoms with Crippen LogP contribution in [0.15, 0.2) is 23.0 Å². The fourth-order valence-corrected chi connectivity index (χ4v) is 2.51. The van der Waals surface area contributed by atoms with Crippen LogP contribution in [0, 0.1) is 5.92 Å². The number of hydrogen-bond acceptors (Lipinski definition) is 4. The molecule has 110 valence electrons. The van der Waals surface area contributed by atoms with E-state index in [4.69, 9.17) is 4.42 Å². The molecule has 2 atom stereocenters. The predicted octanol–water partition coefficient (Wildman–Crippen LogP) is 0.677. The molecule has 0 saturated heterocycles. The van der Waals surface area contributed by atoms with Gasteiger partial charge in [0.2, 0.25) is 5.91 Å². The number of hydrogen-bond donors (Lipinski definition) is 3. The van der Waals surface area contributed by atoms with Gasteiger partial charge < -0.3 is 20.2 Å². The third-order valence-electron chi connectivity index (χ3n) is 3.66. The van der Waals surface area contributed by atoms with Crippen molar-refractivity contribution in [3.05, 3.63) is 24.2 Å². The quantitative estimate of drug-likeness (QED) is 0.714.